The van der Waals surface area contributed by atoms with Gasteiger partial charge in [0, 0.05) is 11.1 Å². The molecule has 0 heterocycles. The SMILES string of the molecule is CC(C)(C)OC(=O)Nc1ccc(C2(CC(=O)O)CC2)cc1. The number of carbonyl (C=O) groups excluding carboxylic acids is 1. The zero-order chi connectivity index (χ0) is 15.7. The largest absolute Gasteiger partial charge is 0.481 e. The number of aliphatic carboxylic acids is 1. The third-order valence-corrected chi connectivity index (χ3v) is 3.49. The molecule has 0 unspecified atom stereocenters. The molecule has 0 spiro atoms. The Bertz CT molecular complexity index is 538. The summed E-state index contributed by atoms with van der Waals surface area (Å²) < 4.78 is 5.18. The fraction of sp³-hybridized carbons (Fsp3) is 0.500. The van der Waals surface area contributed by atoms with Crippen molar-refractivity contribution in [1.82, 2.24) is 0 Å². The number of benzene rings is 1. The first-order valence-electron chi connectivity index (χ1n) is 7.03. The molecule has 1 aromatic carbocycles. The van der Waals surface area contributed by atoms with Crippen molar-refractivity contribution < 1.29 is 19.4 Å². The summed E-state index contributed by atoms with van der Waals surface area (Å²) in [7, 11) is 0. The van der Waals surface area contributed by atoms with E-state index in [9.17, 15) is 9.59 Å². The van der Waals surface area contributed by atoms with E-state index in [1.807, 2.05) is 12.1 Å². The molecule has 1 aliphatic carbocycles. The van der Waals surface area contributed by atoms with Crippen LogP contribution in [0.3, 0.4) is 0 Å². The van der Waals surface area contributed by atoms with Crippen LogP contribution in [0.5, 0.6) is 0 Å². The van der Waals surface area contributed by atoms with Crippen LogP contribution in [0.1, 0.15) is 45.6 Å². The van der Waals surface area contributed by atoms with Crippen LogP contribution in [0, 0.1) is 0 Å². The Kier molecular flexibility index (Phi) is 3.94. The summed E-state index contributed by atoms with van der Waals surface area (Å²) in [5.74, 6) is -0.775. The third kappa shape index (κ3) is 4.21. The van der Waals surface area contributed by atoms with Gasteiger partial charge in [0.25, 0.3) is 0 Å². The van der Waals surface area contributed by atoms with E-state index in [0.29, 0.717) is 5.69 Å². The average Bonchev–Trinajstić information content (AvgIpc) is 3.07. The lowest BCUT2D eigenvalue weighted by Crippen LogP contribution is -2.27. The first-order valence-corrected chi connectivity index (χ1v) is 7.03. The second-order valence-electron chi connectivity index (χ2n) is 6.56. The Balaban J connectivity index is 2.00. The minimum Gasteiger partial charge on any atom is -0.481 e. The van der Waals surface area contributed by atoms with Gasteiger partial charge < -0.3 is 9.84 Å². The van der Waals surface area contributed by atoms with Gasteiger partial charge in [-0.1, -0.05) is 12.1 Å². The molecule has 2 N–H and O–H groups in total. The highest BCUT2D eigenvalue weighted by Gasteiger charge is 2.45. The van der Waals surface area contributed by atoms with Gasteiger partial charge in [-0.05, 0) is 51.3 Å². The highest BCUT2D eigenvalue weighted by atomic mass is 16.6. The predicted molar refractivity (Wildman–Crippen MR) is 79.5 cm³/mol. The van der Waals surface area contributed by atoms with E-state index < -0.39 is 17.7 Å². The summed E-state index contributed by atoms with van der Waals surface area (Å²) in [4.78, 5) is 22.6. The zero-order valence-electron chi connectivity index (χ0n) is 12.6. The second kappa shape index (κ2) is 5.39. The summed E-state index contributed by atoms with van der Waals surface area (Å²) in [5.41, 5.74) is 0.901. The van der Waals surface area contributed by atoms with Crippen LogP contribution in [-0.2, 0) is 14.9 Å². The number of hydrogen-bond donors (Lipinski definition) is 2. The normalized spacial score (nSPS) is 16.1. The van der Waals surface area contributed by atoms with E-state index in [2.05, 4.69) is 5.32 Å². The first kappa shape index (κ1) is 15.4. The maximum atomic E-state index is 11.7. The van der Waals surface area contributed by atoms with Crippen LogP contribution < -0.4 is 5.32 Å². The van der Waals surface area contributed by atoms with Crippen LogP contribution in [-0.4, -0.2) is 22.8 Å². The van der Waals surface area contributed by atoms with E-state index in [-0.39, 0.29) is 11.8 Å². The summed E-state index contributed by atoms with van der Waals surface area (Å²) in [6.45, 7) is 5.41. The average molecular weight is 291 g/mol. The molecule has 0 atom stereocenters. The summed E-state index contributed by atoms with van der Waals surface area (Å²) in [6, 6.07) is 7.31. The molecule has 0 aromatic heterocycles. The number of hydrogen-bond acceptors (Lipinski definition) is 3. The fourth-order valence-electron chi connectivity index (χ4n) is 2.34. The Labute approximate surface area is 124 Å². The lowest BCUT2D eigenvalue weighted by molar-refractivity contribution is -0.137. The highest BCUT2D eigenvalue weighted by Crippen LogP contribution is 2.51. The van der Waals surface area contributed by atoms with Gasteiger partial charge in [0.05, 0.1) is 6.42 Å². The van der Waals surface area contributed by atoms with Crippen molar-refractivity contribution in [3.8, 4) is 0 Å². The summed E-state index contributed by atoms with van der Waals surface area (Å²) in [6.07, 6.45) is 1.46. The molecule has 1 aromatic rings. The van der Waals surface area contributed by atoms with Crippen LogP contribution in [0.15, 0.2) is 24.3 Å². The molecule has 1 amide bonds. The Morgan fingerprint density at radius 1 is 1.24 bits per heavy atom. The molecule has 114 valence electrons. The van der Waals surface area contributed by atoms with Gasteiger partial charge in [-0.25, -0.2) is 4.79 Å². The number of anilines is 1. The van der Waals surface area contributed by atoms with E-state index in [4.69, 9.17) is 9.84 Å². The monoisotopic (exact) mass is 291 g/mol. The van der Waals surface area contributed by atoms with Crippen LogP contribution in [0.2, 0.25) is 0 Å². The zero-order valence-corrected chi connectivity index (χ0v) is 12.6. The lowest BCUT2D eigenvalue weighted by Gasteiger charge is -2.20. The molecule has 0 bridgehead atoms. The summed E-state index contributed by atoms with van der Waals surface area (Å²) >= 11 is 0. The third-order valence-electron chi connectivity index (χ3n) is 3.49. The molecule has 0 saturated heterocycles. The number of nitrogens with one attached hydrogen (secondary N) is 1. The van der Waals surface area contributed by atoms with E-state index >= 15 is 0 Å². The van der Waals surface area contributed by atoms with Crippen molar-refractivity contribution in [2.24, 2.45) is 0 Å². The van der Waals surface area contributed by atoms with E-state index in [1.165, 1.54) is 0 Å². The standard InChI is InChI=1S/C16H21NO4/c1-15(2,3)21-14(20)17-12-6-4-11(5-7-12)16(8-9-16)10-13(18)19/h4-7H,8-10H2,1-3H3,(H,17,20)(H,18,19). The molecular weight excluding hydrogens is 270 g/mol. The van der Waals surface area contributed by atoms with Gasteiger partial charge in [-0.3, -0.25) is 10.1 Å². The predicted octanol–water partition coefficient (Wildman–Crippen LogP) is 3.54. The van der Waals surface area contributed by atoms with Gasteiger partial charge in [0.15, 0.2) is 0 Å². The molecule has 0 aliphatic heterocycles. The van der Waals surface area contributed by atoms with Gasteiger partial charge in [-0.15, -0.1) is 0 Å². The molecule has 0 radical (unpaired) electrons. The molecule has 5 heteroatoms. The molecule has 1 fully saturated rings. The minimum atomic E-state index is -0.775. The Hall–Kier alpha value is -2.04. The smallest absolute Gasteiger partial charge is 0.412 e. The van der Waals surface area contributed by atoms with E-state index in [1.54, 1.807) is 32.9 Å². The molecule has 2 rings (SSSR count). The molecular formula is C16H21NO4. The Morgan fingerprint density at radius 3 is 2.24 bits per heavy atom. The van der Waals surface area contributed by atoms with Crippen molar-refractivity contribution in [1.29, 1.82) is 0 Å². The number of carbonyl (C=O) groups is 2. The number of rotatable bonds is 4. The molecule has 5 nitrogen and oxygen atoms in total. The van der Waals surface area contributed by atoms with Gasteiger partial charge >= 0.3 is 12.1 Å². The molecule has 1 aliphatic rings. The second-order valence-corrected chi connectivity index (χ2v) is 6.56. The van der Waals surface area contributed by atoms with Crippen molar-refractivity contribution in [2.45, 2.75) is 51.0 Å². The Morgan fingerprint density at radius 2 is 1.81 bits per heavy atom. The highest BCUT2D eigenvalue weighted by molar-refractivity contribution is 5.84. The van der Waals surface area contributed by atoms with Crippen LogP contribution in [0.4, 0.5) is 10.5 Å². The summed E-state index contributed by atoms with van der Waals surface area (Å²) in [5, 5.41) is 11.6. The van der Waals surface area contributed by atoms with Crippen LogP contribution in [0.25, 0.3) is 0 Å². The fourth-order valence-corrected chi connectivity index (χ4v) is 2.34. The van der Waals surface area contributed by atoms with Crippen LogP contribution >= 0.6 is 0 Å². The van der Waals surface area contributed by atoms with Gasteiger partial charge in [0.2, 0.25) is 0 Å². The van der Waals surface area contributed by atoms with Crippen molar-refractivity contribution in [3.63, 3.8) is 0 Å². The molecule has 1 saturated carbocycles. The minimum absolute atomic E-state index is 0.159. The maximum Gasteiger partial charge on any atom is 0.412 e. The lowest BCUT2D eigenvalue weighted by atomic mass is 9.92. The topological polar surface area (TPSA) is 75.6 Å². The van der Waals surface area contributed by atoms with Gasteiger partial charge in [0.1, 0.15) is 5.60 Å². The number of ether oxygens (including phenoxy) is 1. The molecule has 21 heavy (non-hydrogen) atoms. The first-order chi connectivity index (χ1) is 9.70. The van der Waals surface area contributed by atoms with E-state index in [0.717, 1.165) is 18.4 Å². The van der Waals surface area contributed by atoms with Crippen molar-refractivity contribution in [2.75, 3.05) is 5.32 Å². The van der Waals surface area contributed by atoms with Crippen molar-refractivity contribution in [3.05, 3.63) is 29.8 Å². The number of carboxylic acids is 1. The van der Waals surface area contributed by atoms with Gasteiger partial charge in [-0.2, -0.15) is 0 Å². The number of amides is 1. The quantitative estimate of drug-likeness (QED) is 0.889. The number of carboxylic acid groups (broad SMARTS) is 1. The maximum absolute atomic E-state index is 11.7. The van der Waals surface area contributed by atoms with Crippen molar-refractivity contribution >= 4 is 17.7 Å².